The monoisotopic (exact) mass is 766 g/mol. The smallest absolute Gasteiger partial charge is 0.253 e. The predicted octanol–water partition coefficient (Wildman–Crippen LogP) is 8.36. The van der Waals surface area contributed by atoms with Gasteiger partial charge in [-0.3, -0.25) is 29.1 Å². The molecule has 10 heteroatoms. The number of nitrogens with zero attached hydrogens (tertiary/aromatic N) is 2. The molecule has 4 rings (SSSR count). The van der Waals surface area contributed by atoms with Gasteiger partial charge in [-0.05, 0) is 72.6 Å². The maximum Gasteiger partial charge on any atom is 0.253 e. The van der Waals surface area contributed by atoms with Crippen molar-refractivity contribution in [3.05, 3.63) is 132 Å². The summed E-state index contributed by atoms with van der Waals surface area (Å²) in [6, 6.07) is 25.3. The lowest BCUT2D eigenvalue weighted by atomic mass is 10.0. The van der Waals surface area contributed by atoms with Crippen LogP contribution < -0.4 is 10.6 Å². The number of aromatic nitrogens is 2. The van der Waals surface area contributed by atoms with Gasteiger partial charge >= 0.3 is 0 Å². The Morgan fingerprint density at radius 1 is 0.481 bits per heavy atom. The summed E-state index contributed by atoms with van der Waals surface area (Å²) < 4.78 is 0. The molecule has 0 bridgehead atoms. The molecule has 2 heterocycles. The van der Waals surface area contributed by atoms with Gasteiger partial charge < -0.3 is 10.6 Å². The van der Waals surface area contributed by atoms with Crippen molar-refractivity contribution < 1.29 is 19.2 Å². The number of thioether (sulfide) groups is 2. The third-order valence-electron chi connectivity index (χ3n) is 9.11. The van der Waals surface area contributed by atoms with Crippen LogP contribution in [-0.4, -0.2) is 68.4 Å². The molecule has 2 aromatic heterocycles. The molecule has 0 fully saturated rings. The second-order valence-corrected chi connectivity index (χ2v) is 15.9. The van der Waals surface area contributed by atoms with E-state index in [-0.39, 0.29) is 23.4 Å². The quantitative estimate of drug-likeness (QED) is 0.0582. The number of hydrogen-bond donors (Lipinski definition) is 2. The molecule has 0 aliphatic heterocycles. The van der Waals surface area contributed by atoms with Crippen LogP contribution in [0.1, 0.15) is 96.1 Å². The molecule has 0 aliphatic rings. The molecule has 4 aromatic rings. The summed E-state index contributed by atoms with van der Waals surface area (Å²) in [5.41, 5.74) is 2.95. The Bertz CT molecular complexity index is 1540. The Labute approximate surface area is 329 Å². The molecule has 0 saturated carbocycles. The van der Waals surface area contributed by atoms with Gasteiger partial charge in [0.15, 0.2) is 11.6 Å². The van der Waals surface area contributed by atoms with Crippen LogP contribution in [0.5, 0.6) is 0 Å². The SMILES string of the molecule is O=C(N[C@@H](Cc1ccccc1)C(=O)CCSCCCCCCCCCCSCCC(=O)[C@H](Cc1ccccc1)NC(=O)c1cccnc1)c1cccnc1. The predicted molar refractivity (Wildman–Crippen MR) is 222 cm³/mol. The van der Waals surface area contributed by atoms with Crippen molar-refractivity contribution >= 4 is 46.9 Å². The van der Waals surface area contributed by atoms with Crippen LogP contribution in [0.15, 0.2) is 110 Å². The Kier molecular flexibility index (Phi) is 20.2. The first-order valence-corrected chi connectivity index (χ1v) is 21.5. The van der Waals surface area contributed by atoms with Crippen molar-refractivity contribution in [1.29, 1.82) is 0 Å². The number of nitrogens with one attached hydrogen (secondary N) is 2. The van der Waals surface area contributed by atoms with Gasteiger partial charge in [0.2, 0.25) is 0 Å². The molecule has 0 spiro atoms. The highest BCUT2D eigenvalue weighted by molar-refractivity contribution is 7.99. The van der Waals surface area contributed by atoms with E-state index in [2.05, 4.69) is 20.6 Å². The van der Waals surface area contributed by atoms with Crippen molar-refractivity contribution in [2.75, 3.05) is 23.0 Å². The molecule has 286 valence electrons. The van der Waals surface area contributed by atoms with E-state index >= 15 is 0 Å². The largest absolute Gasteiger partial charge is 0.342 e. The molecule has 2 aromatic carbocycles. The van der Waals surface area contributed by atoms with Gasteiger partial charge in [0.05, 0.1) is 23.2 Å². The van der Waals surface area contributed by atoms with Gasteiger partial charge in [0.1, 0.15) is 0 Å². The highest BCUT2D eigenvalue weighted by Crippen LogP contribution is 2.16. The third kappa shape index (κ3) is 16.8. The molecule has 0 unspecified atom stereocenters. The Balaban J connectivity index is 1.00. The number of carbonyl (C=O) groups excluding carboxylic acids is 4. The first kappa shape index (κ1) is 42.5. The van der Waals surface area contributed by atoms with Crippen LogP contribution in [-0.2, 0) is 22.4 Å². The van der Waals surface area contributed by atoms with E-state index in [9.17, 15) is 19.2 Å². The van der Waals surface area contributed by atoms with Gasteiger partial charge in [-0.15, -0.1) is 0 Å². The van der Waals surface area contributed by atoms with E-state index in [1.165, 1.54) is 50.9 Å². The number of pyridine rings is 2. The first-order chi connectivity index (χ1) is 26.5. The minimum atomic E-state index is -0.564. The van der Waals surface area contributed by atoms with Crippen molar-refractivity contribution in [3.63, 3.8) is 0 Å². The molecule has 2 atom stereocenters. The number of benzene rings is 2. The molecule has 2 amide bonds. The zero-order valence-electron chi connectivity index (χ0n) is 31.2. The Morgan fingerprint density at radius 2 is 0.870 bits per heavy atom. The second-order valence-electron chi connectivity index (χ2n) is 13.4. The van der Waals surface area contributed by atoms with Crippen molar-refractivity contribution in [2.24, 2.45) is 0 Å². The first-order valence-electron chi connectivity index (χ1n) is 19.2. The van der Waals surface area contributed by atoms with Crippen molar-refractivity contribution in [2.45, 2.75) is 89.1 Å². The summed E-state index contributed by atoms with van der Waals surface area (Å²) in [5.74, 6) is 3.18. The van der Waals surface area contributed by atoms with Gasteiger partial charge in [-0.2, -0.15) is 23.5 Å². The Morgan fingerprint density at radius 3 is 1.24 bits per heavy atom. The minimum Gasteiger partial charge on any atom is -0.342 e. The molecule has 0 aliphatic carbocycles. The topological polar surface area (TPSA) is 118 Å². The van der Waals surface area contributed by atoms with Crippen molar-refractivity contribution in [1.82, 2.24) is 20.6 Å². The van der Waals surface area contributed by atoms with E-state index in [1.807, 2.05) is 84.2 Å². The highest BCUT2D eigenvalue weighted by Gasteiger charge is 2.23. The Hall–Kier alpha value is -4.28. The van der Waals surface area contributed by atoms with E-state index in [0.717, 1.165) is 47.0 Å². The van der Waals surface area contributed by atoms with Crippen molar-refractivity contribution in [3.8, 4) is 0 Å². The molecule has 2 N–H and O–H groups in total. The second kappa shape index (κ2) is 25.7. The van der Waals surface area contributed by atoms with Gasteiger partial charge in [-0.1, -0.05) is 99.2 Å². The summed E-state index contributed by atoms with van der Waals surface area (Å²) >= 11 is 3.64. The average molecular weight is 767 g/mol. The number of hydrogen-bond acceptors (Lipinski definition) is 8. The normalized spacial score (nSPS) is 12.1. The van der Waals surface area contributed by atoms with E-state index in [1.54, 1.807) is 36.7 Å². The van der Waals surface area contributed by atoms with Crippen LogP contribution in [0.25, 0.3) is 0 Å². The lowest BCUT2D eigenvalue weighted by Crippen LogP contribution is -2.42. The van der Waals surface area contributed by atoms with Gasteiger partial charge in [0.25, 0.3) is 11.8 Å². The molecular weight excluding hydrogens is 713 g/mol. The summed E-state index contributed by atoms with van der Waals surface area (Å²) in [6.45, 7) is 0. The number of carbonyl (C=O) groups is 4. The van der Waals surface area contributed by atoms with Crippen LogP contribution >= 0.6 is 23.5 Å². The van der Waals surface area contributed by atoms with E-state index in [4.69, 9.17) is 0 Å². The number of rotatable bonds is 27. The fraction of sp³-hybridized carbons (Fsp3) is 0.409. The molecule has 0 radical (unpaired) electrons. The molecular formula is C44H54N4O4S2. The van der Waals surface area contributed by atoms with Crippen LogP contribution in [0.2, 0.25) is 0 Å². The summed E-state index contributed by atoms with van der Waals surface area (Å²) in [6.07, 6.45) is 17.8. The summed E-state index contributed by atoms with van der Waals surface area (Å²) in [7, 11) is 0. The maximum absolute atomic E-state index is 13.2. The number of amides is 2. The fourth-order valence-electron chi connectivity index (χ4n) is 6.03. The van der Waals surface area contributed by atoms with E-state index in [0.29, 0.717) is 36.8 Å². The minimum absolute atomic E-state index is 0.0607. The zero-order chi connectivity index (χ0) is 38.1. The summed E-state index contributed by atoms with van der Waals surface area (Å²) in [4.78, 5) is 59.9. The summed E-state index contributed by atoms with van der Waals surface area (Å²) in [5, 5.41) is 5.89. The van der Waals surface area contributed by atoms with Crippen LogP contribution in [0.4, 0.5) is 0 Å². The highest BCUT2D eigenvalue weighted by atomic mass is 32.2. The third-order valence-corrected chi connectivity index (χ3v) is 11.3. The van der Waals surface area contributed by atoms with Crippen LogP contribution in [0, 0.1) is 0 Å². The molecule has 8 nitrogen and oxygen atoms in total. The lowest BCUT2D eigenvalue weighted by molar-refractivity contribution is -0.121. The fourth-order valence-corrected chi connectivity index (χ4v) is 7.95. The van der Waals surface area contributed by atoms with Gasteiger partial charge in [-0.25, -0.2) is 0 Å². The molecule has 0 saturated heterocycles. The number of Topliss-reactive ketones (excluding diaryl/α,β-unsaturated/α-hetero) is 2. The molecule has 54 heavy (non-hydrogen) atoms. The standard InChI is InChI=1S/C44H54N4O4S2/c49-41(39(31-35-17-9-7-10-18-35)47-43(51)37-21-15-25-45-33-37)23-29-53-27-13-5-3-1-2-4-6-14-28-54-30-24-42(50)40(32-36-19-11-8-12-20-36)48-44(52)38-22-16-26-46-34-38/h7-12,15-22,25-26,33-34,39-40H,1-6,13-14,23-24,27-32H2,(H,47,51)(H,48,52)/t39-,40-/m0/s1. The lowest BCUT2D eigenvalue weighted by Gasteiger charge is -2.18. The number of unbranched alkanes of at least 4 members (excludes halogenated alkanes) is 7. The number of ketones is 2. The van der Waals surface area contributed by atoms with Crippen LogP contribution in [0.3, 0.4) is 0 Å². The maximum atomic E-state index is 13.2. The average Bonchev–Trinajstić information content (AvgIpc) is 3.21. The zero-order valence-corrected chi connectivity index (χ0v) is 32.8. The van der Waals surface area contributed by atoms with Gasteiger partial charge in [0, 0.05) is 49.1 Å². The van der Waals surface area contributed by atoms with E-state index < -0.39 is 12.1 Å².